The van der Waals surface area contributed by atoms with Crippen LogP contribution in [0.15, 0.2) is 60.3 Å². The highest BCUT2D eigenvalue weighted by atomic mass is 16.7. The van der Waals surface area contributed by atoms with Gasteiger partial charge in [-0.15, -0.1) is 0 Å². The highest BCUT2D eigenvalue weighted by molar-refractivity contribution is 6.12. The van der Waals surface area contributed by atoms with Gasteiger partial charge in [0.05, 0.1) is 16.8 Å². The molecule has 0 aromatic heterocycles. The van der Waals surface area contributed by atoms with Crippen LogP contribution in [0.25, 0.3) is 0 Å². The Bertz CT molecular complexity index is 736. The zero-order valence-corrected chi connectivity index (χ0v) is 10.5. The molecule has 4 nitrogen and oxygen atoms in total. The highest BCUT2D eigenvalue weighted by Gasteiger charge is 2.34. The first-order chi connectivity index (χ1) is 9.83. The van der Waals surface area contributed by atoms with E-state index in [2.05, 4.69) is 5.32 Å². The molecule has 4 rings (SSSR count). The van der Waals surface area contributed by atoms with Gasteiger partial charge in [0.1, 0.15) is 11.5 Å². The maximum Gasteiger partial charge on any atom is 0.272 e. The van der Waals surface area contributed by atoms with Gasteiger partial charge in [0.2, 0.25) is 5.78 Å². The van der Waals surface area contributed by atoms with E-state index in [1.807, 2.05) is 36.4 Å². The number of para-hydroxylation sites is 3. The average molecular weight is 265 g/mol. The molecule has 4 heteroatoms. The van der Waals surface area contributed by atoms with Gasteiger partial charge in [0, 0.05) is 6.20 Å². The minimum absolute atomic E-state index is 0.0721. The van der Waals surface area contributed by atoms with Crippen LogP contribution in [0.4, 0.5) is 5.69 Å². The average Bonchev–Trinajstić information content (AvgIpc) is 2.66. The fraction of sp³-hybridized carbons (Fsp3) is 0.0625. The number of benzene rings is 2. The molecule has 0 aliphatic carbocycles. The second-order valence-corrected chi connectivity index (χ2v) is 4.63. The molecule has 0 saturated heterocycles. The van der Waals surface area contributed by atoms with E-state index in [4.69, 9.17) is 9.47 Å². The number of hydrogen-bond donors (Lipinski definition) is 1. The van der Waals surface area contributed by atoms with E-state index in [1.165, 1.54) is 0 Å². The molecule has 0 spiro atoms. The molecule has 1 atom stereocenters. The SMILES string of the molecule is O=C1C2=CNc3ccccc3O[C@@H]2Oc2ccccc21. The largest absolute Gasteiger partial charge is 0.450 e. The van der Waals surface area contributed by atoms with Crippen LogP contribution in [-0.4, -0.2) is 12.1 Å². The molecule has 0 fully saturated rings. The fourth-order valence-electron chi connectivity index (χ4n) is 2.38. The van der Waals surface area contributed by atoms with Gasteiger partial charge >= 0.3 is 0 Å². The predicted octanol–water partition coefficient (Wildman–Crippen LogP) is 2.98. The predicted molar refractivity (Wildman–Crippen MR) is 74.0 cm³/mol. The number of Topliss-reactive ketones (excluding diaryl/α,β-unsaturated/α-hetero) is 1. The van der Waals surface area contributed by atoms with Gasteiger partial charge in [-0.1, -0.05) is 24.3 Å². The monoisotopic (exact) mass is 265 g/mol. The summed E-state index contributed by atoms with van der Waals surface area (Å²) >= 11 is 0. The van der Waals surface area contributed by atoms with Crippen molar-refractivity contribution in [2.24, 2.45) is 0 Å². The van der Waals surface area contributed by atoms with Crippen LogP contribution in [0.5, 0.6) is 11.5 Å². The Kier molecular flexibility index (Phi) is 2.29. The normalized spacial score (nSPS) is 19.1. The quantitative estimate of drug-likeness (QED) is 0.795. The van der Waals surface area contributed by atoms with Crippen molar-refractivity contribution in [3.63, 3.8) is 0 Å². The van der Waals surface area contributed by atoms with E-state index < -0.39 is 6.29 Å². The molecular formula is C16H11NO3. The third-order valence-corrected chi connectivity index (χ3v) is 3.39. The van der Waals surface area contributed by atoms with E-state index in [0.29, 0.717) is 22.6 Å². The van der Waals surface area contributed by atoms with Crippen LogP contribution in [0.2, 0.25) is 0 Å². The molecule has 0 unspecified atom stereocenters. The maximum atomic E-state index is 12.5. The molecule has 2 aliphatic rings. The summed E-state index contributed by atoms with van der Waals surface area (Å²) in [7, 11) is 0. The van der Waals surface area contributed by atoms with E-state index >= 15 is 0 Å². The number of rotatable bonds is 0. The Hall–Kier alpha value is -2.75. The Morgan fingerprint density at radius 3 is 2.50 bits per heavy atom. The van der Waals surface area contributed by atoms with Crippen LogP contribution in [0, 0.1) is 0 Å². The standard InChI is InChI=1S/C16H11NO3/c18-15-10-5-1-3-7-13(10)19-16-11(15)9-17-12-6-2-4-8-14(12)20-16/h1-9,16-17H/t16-/m0/s1. The summed E-state index contributed by atoms with van der Waals surface area (Å²) in [6.07, 6.45) is 0.947. The van der Waals surface area contributed by atoms with Crippen LogP contribution >= 0.6 is 0 Å². The van der Waals surface area contributed by atoms with Gasteiger partial charge in [-0.25, -0.2) is 0 Å². The van der Waals surface area contributed by atoms with Gasteiger partial charge in [-0.3, -0.25) is 4.79 Å². The van der Waals surface area contributed by atoms with Crippen molar-refractivity contribution in [3.8, 4) is 11.5 Å². The van der Waals surface area contributed by atoms with E-state index in [9.17, 15) is 4.79 Å². The summed E-state index contributed by atoms with van der Waals surface area (Å²) in [4.78, 5) is 12.5. The number of carbonyl (C=O) groups is 1. The molecular weight excluding hydrogens is 254 g/mol. The Morgan fingerprint density at radius 2 is 1.60 bits per heavy atom. The topological polar surface area (TPSA) is 47.6 Å². The van der Waals surface area contributed by atoms with Crippen molar-refractivity contribution >= 4 is 11.5 Å². The van der Waals surface area contributed by atoms with Crippen LogP contribution in [0.3, 0.4) is 0 Å². The lowest BCUT2D eigenvalue weighted by Gasteiger charge is -2.26. The first-order valence-electron chi connectivity index (χ1n) is 6.35. The zero-order valence-electron chi connectivity index (χ0n) is 10.5. The minimum atomic E-state index is -0.714. The van der Waals surface area contributed by atoms with Crippen LogP contribution < -0.4 is 14.8 Å². The molecule has 98 valence electrons. The summed E-state index contributed by atoms with van der Waals surface area (Å²) in [6.45, 7) is 0. The highest BCUT2D eigenvalue weighted by Crippen LogP contribution is 2.35. The molecule has 2 aromatic rings. The second-order valence-electron chi connectivity index (χ2n) is 4.63. The van der Waals surface area contributed by atoms with Crippen LogP contribution in [0.1, 0.15) is 10.4 Å². The molecule has 2 aliphatic heterocycles. The summed E-state index contributed by atoms with van der Waals surface area (Å²) in [5.41, 5.74) is 1.85. The molecule has 20 heavy (non-hydrogen) atoms. The number of fused-ring (bicyclic) bond motifs is 3. The van der Waals surface area contributed by atoms with E-state index in [-0.39, 0.29) is 5.78 Å². The molecule has 0 saturated carbocycles. The molecule has 2 heterocycles. The van der Waals surface area contributed by atoms with Crippen LogP contribution in [-0.2, 0) is 0 Å². The van der Waals surface area contributed by atoms with E-state index in [0.717, 1.165) is 5.69 Å². The van der Waals surface area contributed by atoms with Crippen molar-refractivity contribution in [2.75, 3.05) is 5.32 Å². The Balaban J connectivity index is 1.81. The summed E-state index contributed by atoms with van der Waals surface area (Å²) in [5, 5.41) is 3.10. The number of nitrogens with one attached hydrogen (secondary N) is 1. The van der Waals surface area contributed by atoms with Gasteiger partial charge in [0.25, 0.3) is 6.29 Å². The van der Waals surface area contributed by atoms with Gasteiger partial charge in [-0.05, 0) is 24.3 Å². The molecule has 1 N–H and O–H groups in total. The number of ketones is 1. The zero-order chi connectivity index (χ0) is 13.5. The third kappa shape index (κ3) is 1.58. The maximum absolute atomic E-state index is 12.5. The number of ether oxygens (including phenoxy) is 2. The van der Waals surface area contributed by atoms with Crippen molar-refractivity contribution in [3.05, 3.63) is 65.9 Å². The smallest absolute Gasteiger partial charge is 0.272 e. The fourth-order valence-corrected chi connectivity index (χ4v) is 2.38. The lowest BCUT2D eigenvalue weighted by molar-refractivity contribution is 0.0290. The van der Waals surface area contributed by atoms with Crippen molar-refractivity contribution < 1.29 is 14.3 Å². The third-order valence-electron chi connectivity index (χ3n) is 3.39. The number of carbonyl (C=O) groups excluding carboxylic acids is 1. The minimum Gasteiger partial charge on any atom is -0.450 e. The van der Waals surface area contributed by atoms with Crippen molar-refractivity contribution in [1.29, 1.82) is 0 Å². The molecule has 0 amide bonds. The first kappa shape index (κ1) is 11.1. The first-order valence-corrected chi connectivity index (χ1v) is 6.35. The second kappa shape index (κ2) is 4.13. The summed E-state index contributed by atoms with van der Waals surface area (Å²) < 4.78 is 11.6. The number of anilines is 1. The van der Waals surface area contributed by atoms with E-state index in [1.54, 1.807) is 18.3 Å². The number of hydrogen-bond acceptors (Lipinski definition) is 4. The van der Waals surface area contributed by atoms with Gasteiger partial charge in [-0.2, -0.15) is 0 Å². The Labute approximate surface area is 115 Å². The summed E-state index contributed by atoms with van der Waals surface area (Å²) in [6, 6.07) is 14.7. The molecule has 0 bridgehead atoms. The van der Waals surface area contributed by atoms with Crippen molar-refractivity contribution in [1.82, 2.24) is 0 Å². The lowest BCUT2D eigenvalue weighted by Crippen LogP contribution is -2.34. The molecule has 2 aromatic carbocycles. The van der Waals surface area contributed by atoms with Gasteiger partial charge in [0.15, 0.2) is 0 Å². The summed E-state index contributed by atoms with van der Waals surface area (Å²) in [5.74, 6) is 1.15. The molecule has 0 radical (unpaired) electrons. The van der Waals surface area contributed by atoms with Gasteiger partial charge < -0.3 is 14.8 Å². The Morgan fingerprint density at radius 1 is 0.900 bits per heavy atom. The van der Waals surface area contributed by atoms with Crippen molar-refractivity contribution in [2.45, 2.75) is 6.29 Å². The lowest BCUT2D eigenvalue weighted by atomic mass is 10.00.